The maximum atomic E-state index is 11.8. The van der Waals surface area contributed by atoms with Crippen molar-refractivity contribution in [3.63, 3.8) is 0 Å². The molecule has 0 atom stereocenters. The van der Waals surface area contributed by atoms with Gasteiger partial charge in [-0.1, -0.05) is 0 Å². The third-order valence-electron chi connectivity index (χ3n) is 2.41. The first-order valence-corrected chi connectivity index (χ1v) is 4.91. The molecular weight excluding hydrogens is 184 g/mol. The molecule has 0 aromatic heterocycles. The highest BCUT2D eigenvalue weighted by atomic mass is 16.5. The molecule has 1 fully saturated rings. The van der Waals surface area contributed by atoms with Gasteiger partial charge < -0.3 is 15.3 Å². The lowest BCUT2D eigenvalue weighted by molar-refractivity contribution is -0.138. The molecule has 14 heavy (non-hydrogen) atoms. The SMILES string of the molecule is CC(C)NC(=O)C1(NO)CCOCC1. The molecule has 0 spiro atoms. The predicted octanol–water partition coefficient (Wildman–Crippen LogP) is 0.0390. The van der Waals surface area contributed by atoms with E-state index in [1.807, 2.05) is 13.8 Å². The van der Waals surface area contributed by atoms with E-state index in [-0.39, 0.29) is 11.9 Å². The van der Waals surface area contributed by atoms with Gasteiger partial charge in [-0.15, -0.1) is 0 Å². The van der Waals surface area contributed by atoms with Crippen molar-refractivity contribution in [3.8, 4) is 0 Å². The lowest BCUT2D eigenvalue weighted by Crippen LogP contribution is -2.59. The second-order valence-corrected chi connectivity index (χ2v) is 3.93. The number of nitrogens with one attached hydrogen (secondary N) is 2. The topological polar surface area (TPSA) is 70.6 Å². The lowest BCUT2D eigenvalue weighted by atomic mass is 9.90. The third kappa shape index (κ3) is 2.43. The minimum atomic E-state index is -0.859. The fraction of sp³-hybridized carbons (Fsp3) is 0.889. The van der Waals surface area contributed by atoms with Crippen LogP contribution in [0.2, 0.25) is 0 Å². The molecule has 3 N–H and O–H groups in total. The first-order valence-electron chi connectivity index (χ1n) is 4.91. The van der Waals surface area contributed by atoms with Gasteiger partial charge in [0.1, 0.15) is 5.54 Å². The predicted molar refractivity (Wildman–Crippen MR) is 51.0 cm³/mol. The van der Waals surface area contributed by atoms with E-state index in [4.69, 9.17) is 9.94 Å². The smallest absolute Gasteiger partial charge is 0.242 e. The summed E-state index contributed by atoms with van der Waals surface area (Å²) in [7, 11) is 0. The van der Waals surface area contributed by atoms with E-state index >= 15 is 0 Å². The highest BCUT2D eigenvalue weighted by molar-refractivity contribution is 5.86. The summed E-state index contributed by atoms with van der Waals surface area (Å²) in [5, 5.41) is 11.8. The van der Waals surface area contributed by atoms with Gasteiger partial charge in [0.2, 0.25) is 5.91 Å². The lowest BCUT2D eigenvalue weighted by Gasteiger charge is -2.34. The third-order valence-corrected chi connectivity index (χ3v) is 2.41. The van der Waals surface area contributed by atoms with Crippen LogP contribution in [-0.4, -0.2) is 35.9 Å². The number of rotatable bonds is 3. The summed E-state index contributed by atoms with van der Waals surface area (Å²) < 4.78 is 5.15. The number of hydrogen-bond acceptors (Lipinski definition) is 4. The van der Waals surface area contributed by atoms with E-state index in [1.165, 1.54) is 0 Å². The molecule has 82 valence electrons. The normalized spacial score (nSPS) is 20.9. The van der Waals surface area contributed by atoms with E-state index in [0.29, 0.717) is 26.1 Å². The summed E-state index contributed by atoms with van der Waals surface area (Å²) in [4.78, 5) is 11.8. The fourth-order valence-corrected chi connectivity index (χ4v) is 1.51. The largest absolute Gasteiger partial charge is 0.381 e. The van der Waals surface area contributed by atoms with Crippen LogP contribution in [0.15, 0.2) is 0 Å². The standard InChI is InChI=1S/C9H18N2O3/c1-7(2)10-8(12)9(11-13)3-5-14-6-4-9/h7,11,13H,3-6H2,1-2H3,(H,10,12). The maximum absolute atomic E-state index is 11.8. The summed E-state index contributed by atoms with van der Waals surface area (Å²) >= 11 is 0. The van der Waals surface area contributed by atoms with Gasteiger partial charge in [0.25, 0.3) is 0 Å². The number of hydroxylamine groups is 1. The molecule has 0 saturated carbocycles. The highest BCUT2D eigenvalue weighted by Gasteiger charge is 2.39. The van der Waals surface area contributed by atoms with Crippen LogP contribution in [0.25, 0.3) is 0 Å². The molecule has 0 unspecified atom stereocenters. The van der Waals surface area contributed by atoms with E-state index in [0.717, 1.165) is 0 Å². The molecule has 1 heterocycles. The van der Waals surface area contributed by atoms with E-state index in [9.17, 15) is 4.79 Å². The Morgan fingerprint density at radius 1 is 1.43 bits per heavy atom. The van der Waals surface area contributed by atoms with Gasteiger partial charge in [-0.25, -0.2) is 0 Å². The Hall–Kier alpha value is -0.650. The van der Waals surface area contributed by atoms with Crippen molar-refractivity contribution in [2.45, 2.75) is 38.3 Å². The maximum Gasteiger partial charge on any atom is 0.242 e. The first kappa shape index (κ1) is 11.4. The molecular formula is C9H18N2O3. The molecule has 0 radical (unpaired) electrons. The number of carbonyl (C=O) groups excluding carboxylic acids is 1. The zero-order valence-corrected chi connectivity index (χ0v) is 8.67. The molecule has 1 saturated heterocycles. The highest BCUT2D eigenvalue weighted by Crippen LogP contribution is 2.20. The zero-order chi connectivity index (χ0) is 10.6. The molecule has 0 aromatic rings. The van der Waals surface area contributed by atoms with Gasteiger partial charge in [0.05, 0.1) is 0 Å². The second-order valence-electron chi connectivity index (χ2n) is 3.93. The van der Waals surface area contributed by atoms with Crippen LogP contribution in [-0.2, 0) is 9.53 Å². The quantitative estimate of drug-likeness (QED) is 0.565. The van der Waals surface area contributed by atoms with Gasteiger partial charge in [-0.3, -0.25) is 4.79 Å². The van der Waals surface area contributed by atoms with Crippen LogP contribution < -0.4 is 10.8 Å². The molecule has 1 amide bonds. The molecule has 0 bridgehead atoms. The second kappa shape index (κ2) is 4.72. The van der Waals surface area contributed by atoms with Crippen molar-refractivity contribution in [3.05, 3.63) is 0 Å². The minimum Gasteiger partial charge on any atom is -0.381 e. The van der Waals surface area contributed by atoms with Gasteiger partial charge in [-0.2, -0.15) is 5.48 Å². The Morgan fingerprint density at radius 2 is 2.00 bits per heavy atom. The Labute approximate surface area is 83.8 Å². The number of carbonyl (C=O) groups is 1. The minimum absolute atomic E-state index is 0.0792. The van der Waals surface area contributed by atoms with E-state index in [1.54, 1.807) is 0 Å². The van der Waals surface area contributed by atoms with Crippen LogP contribution in [0, 0.1) is 0 Å². The molecule has 1 aliphatic rings. The van der Waals surface area contributed by atoms with Crippen molar-refractivity contribution in [1.29, 1.82) is 0 Å². The molecule has 0 aliphatic carbocycles. The fourth-order valence-electron chi connectivity index (χ4n) is 1.51. The number of amides is 1. The molecule has 5 nitrogen and oxygen atoms in total. The average molecular weight is 202 g/mol. The van der Waals surface area contributed by atoms with Crippen LogP contribution in [0.1, 0.15) is 26.7 Å². The average Bonchev–Trinajstić information content (AvgIpc) is 2.18. The van der Waals surface area contributed by atoms with Crippen LogP contribution in [0.5, 0.6) is 0 Å². The summed E-state index contributed by atoms with van der Waals surface area (Å²) in [6, 6.07) is 0.0792. The summed E-state index contributed by atoms with van der Waals surface area (Å²) in [6.07, 6.45) is 1.00. The Bertz CT molecular complexity index is 200. The van der Waals surface area contributed by atoms with Gasteiger partial charge in [0.15, 0.2) is 0 Å². The van der Waals surface area contributed by atoms with Gasteiger partial charge in [-0.05, 0) is 13.8 Å². The Kier molecular flexibility index (Phi) is 3.86. The zero-order valence-electron chi connectivity index (χ0n) is 8.67. The van der Waals surface area contributed by atoms with Crippen LogP contribution in [0.3, 0.4) is 0 Å². The number of hydrogen-bond donors (Lipinski definition) is 3. The van der Waals surface area contributed by atoms with E-state index < -0.39 is 5.54 Å². The monoisotopic (exact) mass is 202 g/mol. The number of ether oxygens (including phenoxy) is 1. The van der Waals surface area contributed by atoms with Crippen LogP contribution in [0.4, 0.5) is 0 Å². The summed E-state index contributed by atoms with van der Waals surface area (Å²) in [5.41, 5.74) is 1.27. The summed E-state index contributed by atoms with van der Waals surface area (Å²) in [5.74, 6) is -0.154. The van der Waals surface area contributed by atoms with Crippen molar-refractivity contribution >= 4 is 5.91 Å². The van der Waals surface area contributed by atoms with Gasteiger partial charge in [0, 0.05) is 32.1 Å². The van der Waals surface area contributed by atoms with Crippen molar-refractivity contribution < 1.29 is 14.7 Å². The van der Waals surface area contributed by atoms with Gasteiger partial charge >= 0.3 is 0 Å². The summed E-state index contributed by atoms with van der Waals surface area (Å²) in [6.45, 7) is 4.78. The van der Waals surface area contributed by atoms with Crippen LogP contribution >= 0.6 is 0 Å². The van der Waals surface area contributed by atoms with E-state index in [2.05, 4.69) is 10.8 Å². The molecule has 5 heteroatoms. The Balaban J connectivity index is 2.62. The molecule has 0 aromatic carbocycles. The van der Waals surface area contributed by atoms with Crippen molar-refractivity contribution in [2.24, 2.45) is 0 Å². The van der Waals surface area contributed by atoms with Crippen molar-refractivity contribution in [2.75, 3.05) is 13.2 Å². The Morgan fingerprint density at radius 3 is 2.43 bits per heavy atom. The van der Waals surface area contributed by atoms with Crippen molar-refractivity contribution in [1.82, 2.24) is 10.8 Å². The molecule has 1 aliphatic heterocycles. The first-order chi connectivity index (χ1) is 6.60. The molecule has 1 rings (SSSR count).